The minimum atomic E-state index is -0.0869. The van der Waals surface area contributed by atoms with E-state index in [2.05, 4.69) is 42.2 Å². The van der Waals surface area contributed by atoms with E-state index in [4.69, 9.17) is 0 Å². The molecule has 2 aromatic carbocycles. The molecule has 1 aromatic heterocycles. The van der Waals surface area contributed by atoms with Crippen molar-refractivity contribution in [3.05, 3.63) is 80.5 Å². The predicted octanol–water partition coefficient (Wildman–Crippen LogP) is 6.07. The highest BCUT2D eigenvalue weighted by Gasteiger charge is 2.24. The van der Waals surface area contributed by atoms with E-state index >= 15 is 0 Å². The molecular weight excluding hydrogens is 456 g/mol. The summed E-state index contributed by atoms with van der Waals surface area (Å²) in [7, 11) is 0. The van der Waals surface area contributed by atoms with E-state index < -0.39 is 0 Å². The Morgan fingerprint density at radius 3 is 2.50 bits per heavy atom. The standard InChI is InChI=1S/C21H14Br2N2O/c1-12-18(22)8-13(9-19(12)23)7-17-16-10-14(15-3-2-6-24-11-15)4-5-20(16)25-21(17)26/h2-11H,1H3,(H,25,26). The average molecular weight is 470 g/mol. The van der Waals surface area contributed by atoms with Gasteiger partial charge in [-0.25, -0.2) is 0 Å². The normalized spacial score (nSPS) is 14.4. The number of fused-ring (bicyclic) bond motifs is 1. The largest absolute Gasteiger partial charge is 0.321 e. The Balaban J connectivity index is 1.82. The van der Waals surface area contributed by atoms with Crippen molar-refractivity contribution < 1.29 is 4.79 Å². The molecule has 0 saturated carbocycles. The van der Waals surface area contributed by atoms with E-state index in [0.717, 1.165) is 42.5 Å². The van der Waals surface area contributed by atoms with Gasteiger partial charge in [-0.3, -0.25) is 9.78 Å². The number of nitrogens with zero attached hydrogens (tertiary/aromatic N) is 1. The summed E-state index contributed by atoms with van der Waals surface area (Å²) in [6.07, 6.45) is 5.49. The molecule has 128 valence electrons. The van der Waals surface area contributed by atoms with Gasteiger partial charge in [-0.05, 0) is 60.0 Å². The van der Waals surface area contributed by atoms with E-state index in [1.165, 1.54) is 0 Å². The van der Waals surface area contributed by atoms with Crippen LogP contribution in [0.15, 0.2) is 63.8 Å². The lowest BCUT2D eigenvalue weighted by molar-refractivity contribution is -0.110. The second kappa shape index (κ2) is 6.82. The molecule has 0 bridgehead atoms. The minimum Gasteiger partial charge on any atom is -0.321 e. The molecular formula is C21H14Br2N2O. The number of amides is 1. The van der Waals surface area contributed by atoms with Gasteiger partial charge in [0.25, 0.3) is 5.91 Å². The first-order valence-electron chi connectivity index (χ1n) is 8.06. The van der Waals surface area contributed by atoms with Crippen LogP contribution in [0.25, 0.3) is 22.8 Å². The van der Waals surface area contributed by atoms with Crippen LogP contribution in [0.3, 0.4) is 0 Å². The quantitative estimate of drug-likeness (QED) is 0.462. The van der Waals surface area contributed by atoms with Crippen LogP contribution >= 0.6 is 31.9 Å². The molecule has 0 fully saturated rings. The summed E-state index contributed by atoms with van der Waals surface area (Å²) < 4.78 is 2.00. The Kier molecular flexibility index (Phi) is 4.51. The van der Waals surface area contributed by atoms with Gasteiger partial charge in [0.2, 0.25) is 0 Å². The maximum absolute atomic E-state index is 12.5. The van der Waals surface area contributed by atoms with Gasteiger partial charge in [0.1, 0.15) is 0 Å². The van der Waals surface area contributed by atoms with Crippen molar-refractivity contribution in [2.24, 2.45) is 0 Å². The summed E-state index contributed by atoms with van der Waals surface area (Å²) in [6.45, 7) is 2.03. The van der Waals surface area contributed by atoms with E-state index in [0.29, 0.717) is 5.57 Å². The first kappa shape index (κ1) is 17.2. The number of aromatic nitrogens is 1. The Morgan fingerprint density at radius 2 is 1.81 bits per heavy atom. The number of carbonyl (C=O) groups excluding carboxylic acids is 1. The number of rotatable bonds is 2. The molecule has 0 radical (unpaired) electrons. The van der Waals surface area contributed by atoms with Gasteiger partial charge in [0.15, 0.2) is 0 Å². The second-order valence-electron chi connectivity index (χ2n) is 6.12. The number of pyridine rings is 1. The summed E-state index contributed by atoms with van der Waals surface area (Å²) >= 11 is 7.14. The van der Waals surface area contributed by atoms with Crippen LogP contribution in [0.1, 0.15) is 16.7 Å². The first-order chi connectivity index (χ1) is 12.5. The Labute approximate surface area is 168 Å². The first-order valence-corrected chi connectivity index (χ1v) is 9.65. The van der Waals surface area contributed by atoms with E-state index in [1.54, 1.807) is 6.20 Å². The van der Waals surface area contributed by atoms with Crippen molar-refractivity contribution in [2.75, 3.05) is 5.32 Å². The monoisotopic (exact) mass is 468 g/mol. The van der Waals surface area contributed by atoms with Crippen molar-refractivity contribution in [3.63, 3.8) is 0 Å². The van der Waals surface area contributed by atoms with Crippen molar-refractivity contribution in [3.8, 4) is 11.1 Å². The molecule has 0 saturated heterocycles. The van der Waals surface area contributed by atoms with Gasteiger partial charge in [-0.1, -0.05) is 44.0 Å². The fourth-order valence-electron chi connectivity index (χ4n) is 2.96. The van der Waals surface area contributed by atoms with Gasteiger partial charge < -0.3 is 5.32 Å². The van der Waals surface area contributed by atoms with Crippen molar-refractivity contribution in [1.82, 2.24) is 4.98 Å². The molecule has 4 rings (SSSR count). The summed E-state index contributed by atoms with van der Waals surface area (Å²) in [5, 5.41) is 2.94. The lowest BCUT2D eigenvalue weighted by atomic mass is 9.99. The molecule has 1 aliphatic heterocycles. The van der Waals surface area contributed by atoms with E-state index in [-0.39, 0.29) is 5.91 Å². The van der Waals surface area contributed by atoms with Crippen LogP contribution in [0, 0.1) is 6.92 Å². The third-order valence-electron chi connectivity index (χ3n) is 4.41. The summed E-state index contributed by atoms with van der Waals surface area (Å²) in [4.78, 5) is 16.7. The van der Waals surface area contributed by atoms with Crippen LogP contribution in [-0.4, -0.2) is 10.9 Å². The number of hydrogen-bond acceptors (Lipinski definition) is 2. The summed E-state index contributed by atoms with van der Waals surface area (Å²) in [6, 6.07) is 13.9. The summed E-state index contributed by atoms with van der Waals surface area (Å²) in [5.74, 6) is -0.0869. The average Bonchev–Trinajstić information content (AvgIpc) is 2.95. The van der Waals surface area contributed by atoms with E-state index in [9.17, 15) is 4.79 Å². The van der Waals surface area contributed by atoms with Crippen LogP contribution in [-0.2, 0) is 4.79 Å². The van der Waals surface area contributed by atoms with Crippen molar-refractivity contribution in [1.29, 1.82) is 0 Å². The molecule has 1 aliphatic rings. The third kappa shape index (κ3) is 3.13. The maximum Gasteiger partial charge on any atom is 0.256 e. The van der Waals surface area contributed by atoms with Gasteiger partial charge in [0.05, 0.1) is 0 Å². The van der Waals surface area contributed by atoms with E-state index in [1.807, 2.05) is 61.7 Å². The molecule has 1 N–H and O–H groups in total. The Hall–Kier alpha value is -2.24. The number of halogens is 2. The molecule has 0 aliphatic carbocycles. The summed E-state index contributed by atoms with van der Waals surface area (Å²) in [5.41, 5.74) is 6.54. The Morgan fingerprint density at radius 1 is 1.04 bits per heavy atom. The predicted molar refractivity (Wildman–Crippen MR) is 113 cm³/mol. The zero-order valence-electron chi connectivity index (χ0n) is 13.9. The molecule has 0 unspecified atom stereocenters. The lowest BCUT2D eigenvalue weighted by Crippen LogP contribution is -2.03. The van der Waals surface area contributed by atoms with Crippen molar-refractivity contribution >= 4 is 55.1 Å². The number of anilines is 1. The van der Waals surface area contributed by atoms with Gasteiger partial charge in [-0.15, -0.1) is 0 Å². The van der Waals surface area contributed by atoms with Crippen molar-refractivity contribution in [2.45, 2.75) is 6.92 Å². The Bertz CT molecular complexity index is 1040. The van der Waals surface area contributed by atoms with Gasteiger partial charge >= 0.3 is 0 Å². The smallest absolute Gasteiger partial charge is 0.256 e. The van der Waals surface area contributed by atoms with Crippen LogP contribution < -0.4 is 5.32 Å². The molecule has 3 nitrogen and oxygen atoms in total. The number of carbonyl (C=O) groups is 1. The number of nitrogens with one attached hydrogen (secondary N) is 1. The topological polar surface area (TPSA) is 42.0 Å². The zero-order chi connectivity index (χ0) is 18.3. The zero-order valence-corrected chi connectivity index (χ0v) is 17.1. The molecule has 3 aromatic rings. The molecule has 1 amide bonds. The third-order valence-corrected chi connectivity index (χ3v) is 6.06. The molecule has 0 spiro atoms. The maximum atomic E-state index is 12.5. The molecule has 0 atom stereocenters. The molecule has 2 heterocycles. The molecule has 5 heteroatoms. The van der Waals surface area contributed by atoms with Crippen LogP contribution in [0.5, 0.6) is 0 Å². The van der Waals surface area contributed by atoms with Gasteiger partial charge in [0, 0.05) is 43.7 Å². The van der Waals surface area contributed by atoms with Gasteiger partial charge in [-0.2, -0.15) is 0 Å². The fraction of sp³-hybridized carbons (Fsp3) is 0.0476. The molecule has 26 heavy (non-hydrogen) atoms. The highest BCUT2D eigenvalue weighted by atomic mass is 79.9. The second-order valence-corrected chi connectivity index (χ2v) is 7.83. The highest BCUT2D eigenvalue weighted by Crippen LogP contribution is 2.37. The highest BCUT2D eigenvalue weighted by molar-refractivity contribution is 9.11. The van der Waals surface area contributed by atoms with Crippen LogP contribution in [0.2, 0.25) is 0 Å². The SMILES string of the molecule is Cc1c(Br)cc(C=C2C(=O)Nc3ccc(-c4cccnc4)cc32)cc1Br. The lowest BCUT2D eigenvalue weighted by Gasteiger charge is -2.06. The number of benzene rings is 2. The van der Waals surface area contributed by atoms with Crippen LogP contribution in [0.4, 0.5) is 5.69 Å². The number of hydrogen-bond donors (Lipinski definition) is 1. The fourth-order valence-corrected chi connectivity index (χ4v) is 4.18. The minimum absolute atomic E-state index is 0.0869.